The largest absolute Gasteiger partial charge is 0.496 e. The minimum atomic E-state index is 0.831. The van der Waals surface area contributed by atoms with Crippen LogP contribution in [0.1, 0.15) is 55.4 Å². The van der Waals surface area contributed by atoms with Gasteiger partial charge in [-0.15, -0.1) is 0 Å². The average molecular weight is 325 g/mol. The Bertz CT molecular complexity index is 646. The molecule has 2 nitrogen and oxygen atoms in total. The zero-order chi connectivity index (χ0) is 17.4. The molecular weight excluding hydrogens is 296 g/mol. The molecule has 0 aliphatic rings. The van der Waals surface area contributed by atoms with Gasteiger partial charge in [0.15, 0.2) is 0 Å². The summed E-state index contributed by atoms with van der Waals surface area (Å²) >= 11 is 0. The Kier molecular flexibility index (Phi) is 7.17. The van der Waals surface area contributed by atoms with Gasteiger partial charge in [0.1, 0.15) is 11.5 Å². The van der Waals surface area contributed by atoms with Gasteiger partial charge in [-0.05, 0) is 42.5 Å². The summed E-state index contributed by atoms with van der Waals surface area (Å²) in [6.45, 7) is 4.41. The molecule has 0 atom stereocenters. The zero-order valence-corrected chi connectivity index (χ0v) is 15.4. The van der Waals surface area contributed by atoms with E-state index in [4.69, 9.17) is 9.47 Å². The number of ether oxygens (including phenoxy) is 2. The van der Waals surface area contributed by atoms with Crippen LogP contribution in [0.15, 0.2) is 30.3 Å². The molecule has 2 heteroatoms. The Balaban J connectivity index is 2.43. The molecule has 0 aliphatic heterocycles. The van der Waals surface area contributed by atoms with Crippen molar-refractivity contribution in [3.05, 3.63) is 58.7 Å². The Morgan fingerprint density at radius 1 is 0.917 bits per heavy atom. The minimum Gasteiger partial charge on any atom is -0.496 e. The second-order valence-electron chi connectivity index (χ2n) is 6.15. The third kappa shape index (κ3) is 4.31. The van der Waals surface area contributed by atoms with Gasteiger partial charge in [-0.25, -0.2) is 0 Å². The molecule has 2 rings (SSSR count). The van der Waals surface area contributed by atoms with Crippen LogP contribution in [-0.2, 0) is 19.3 Å². The van der Waals surface area contributed by atoms with Crippen molar-refractivity contribution >= 4 is 0 Å². The summed E-state index contributed by atoms with van der Waals surface area (Å²) in [5.41, 5.74) is 5.05. The van der Waals surface area contributed by atoms with Crippen LogP contribution in [0.4, 0.5) is 0 Å². The first-order chi connectivity index (χ1) is 11.7. The maximum absolute atomic E-state index is 5.75. The highest BCUT2D eigenvalue weighted by molar-refractivity contribution is 5.52. The van der Waals surface area contributed by atoms with Crippen LogP contribution < -0.4 is 9.47 Å². The second kappa shape index (κ2) is 9.36. The monoisotopic (exact) mass is 325 g/mol. The average Bonchev–Trinajstić information content (AvgIpc) is 2.61. The number of hydrogen-bond acceptors (Lipinski definition) is 2. The van der Waals surface area contributed by atoms with Crippen LogP contribution in [0.3, 0.4) is 0 Å². The standard InChI is InChI=1S/C22H29O2/c1-5-7-11-17-12-8-9-13-19(17)16-20-21(23-3)15-14-18(10-6-2)22(20)24-4/h8-9,12-13,15H,5-7,10-11,16H2,1-4H3. The number of benzene rings is 2. The highest BCUT2D eigenvalue weighted by Gasteiger charge is 2.16. The van der Waals surface area contributed by atoms with Crippen molar-refractivity contribution in [2.75, 3.05) is 14.2 Å². The number of methoxy groups -OCH3 is 2. The lowest BCUT2D eigenvalue weighted by molar-refractivity contribution is 0.383. The van der Waals surface area contributed by atoms with E-state index in [1.54, 1.807) is 14.2 Å². The topological polar surface area (TPSA) is 18.5 Å². The Morgan fingerprint density at radius 2 is 1.67 bits per heavy atom. The second-order valence-corrected chi connectivity index (χ2v) is 6.15. The van der Waals surface area contributed by atoms with E-state index in [2.05, 4.69) is 44.2 Å². The predicted molar refractivity (Wildman–Crippen MR) is 100 cm³/mol. The first-order valence-electron chi connectivity index (χ1n) is 8.96. The van der Waals surface area contributed by atoms with E-state index in [1.165, 1.54) is 24.0 Å². The summed E-state index contributed by atoms with van der Waals surface area (Å²) in [4.78, 5) is 0. The summed E-state index contributed by atoms with van der Waals surface area (Å²) in [7, 11) is 3.46. The maximum Gasteiger partial charge on any atom is 0.129 e. The summed E-state index contributed by atoms with van der Waals surface area (Å²) in [5.74, 6) is 1.79. The van der Waals surface area contributed by atoms with E-state index in [-0.39, 0.29) is 0 Å². The van der Waals surface area contributed by atoms with Crippen molar-refractivity contribution in [3.8, 4) is 11.5 Å². The van der Waals surface area contributed by atoms with Crippen LogP contribution >= 0.6 is 0 Å². The first-order valence-corrected chi connectivity index (χ1v) is 8.96. The van der Waals surface area contributed by atoms with Gasteiger partial charge in [-0.3, -0.25) is 0 Å². The first kappa shape index (κ1) is 18.4. The van der Waals surface area contributed by atoms with E-state index in [0.29, 0.717) is 0 Å². The highest BCUT2D eigenvalue weighted by Crippen LogP contribution is 2.35. The van der Waals surface area contributed by atoms with E-state index >= 15 is 0 Å². The smallest absolute Gasteiger partial charge is 0.129 e. The molecule has 0 heterocycles. The van der Waals surface area contributed by atoms with Crippen LogP contribution in [0, 0.1) is 6.07 Å². The molecule has 0 N–H and O–H groups in total. The molecule has 0 saturated heterocycles. The summed E-state index contributed by atoms with van der Waals surface area (Å²) < 4.78 is 11.4. The SMILES string of the molecule is CCCCc1ccccc1Cc1c(OC)c[c]c(CCC)c1OC. The van der Waals surface area contributed by atoms with E-state index in [1.807, 2.05) is 6.07 Å². The molecule has 0 aliphatic carbocycles. The van der Waals surface area contributed by atoms with Crippen molar-refractivity contribution in [2.24, 2.45) is 0 Å². The lowest BCUT2D eigenvalue weighted by atomic mass is 9.93. The van der Waals surface area contributed by atoms with Gasteiger partial charge in [0.25, 0.3) is 0 Å². The molecule has 0 bridgehead atoms. The molecule has 1 radical (unpaired) electrons. The fourth-order valence-corrected chi connectivity index (χ4v) is 3.16. The van der Waals surface area contributed by atoms with Gasteiger partial charge in [0.2, 0.25) is 0 Å². The Morgan fingerprint density at radius 3 is 2.29 bits per heavy atom. The molecule has 129 valence electrons. The van der Waals surface area contributed by atoms with Gasteiger partial charge in [0, 0.05) is 17.5 Å². The minimum absolute atomic E-state index is 0.831. The Labute approximate surface area is 146 Å². The fraction of sp³-hybridized carbons (Fsp3) is 0.455. The molecule has 24 heavy (non-hydrogen) atoms. The van der Waals surface area contributed by atoms with Crippen LogP contribution in [-0.4, -0.2) is 14.2 Å². The van der Waals surface area contributed by atoms with Gasteiger partial charge >= 0.3 is 0 Å². The van der Waals surface area contributed by atoms with Gasteiger partial charge in [-0.2, -0.15) is 0 Å². The van der Waals surface area contributed by atoms with E-state index < -0.39 is 0 Å². The lowest BCUT2D eigenvalue weighted by Gasteiger charge is -2.18. The Hall–Kier alpha value is -1.96. The number of unbranched alkanes of at least 4 members (excludes halogenated alkanes) is 1. The highest BCUT2D eigenvalue weighted by atomic mass is 16.5. The third-order valence-corrected chi connectivity index (χ3v) is 4.43. The van der Waals surface area contributed by atoms with Crippen LogP contribution in [0.2, 0.25) is 0 Å². The van der Waals surface area contributed by atoms with Gasteiger partial charge < -0.3 is 9.47 Å². The van der Waals surface area contributed by atoms with Gasteiger partial charge in [0.05, 0.1) is 14.2 Å². The maximum atomic E-state index is 5.75. The third-order valence-electron chi connectivity index (χ3n) is 4.43. The van der Waals surface area contributed by atoms with E-state index in [9.17, 15) is 0 Å². The molecule has 0 spiro atoms. The van der Waals surface area contributed by atoms with Crippen molar-refractivity contribution in [3.63, 3.8) is 0 Å². The normalized spacial score (nSPS) is 10.7. The number of hydrogen-bond donors (Lipinski definition) is 0. The number of rotatable bonds is 9. The predicted octanol–water partition coefficient (Wildman–Crippen LogP) is 5.39. The molecule has 0 aromatic heterocycles. The molecule has 0 saturated carbocycles. The fourth-order valence-electron chi connectivity index (χ4n) is 3.16. The molecule has 2 aromatic carbocycles. The summed E-state index contributed by atoms with van der Waals surface area (Å²) in [6.07, 6.45) is 6.43. The van der Waals surface area contributed by atoms with Gasteiger partial charge in [-0.1, -0.05) is 51.0 Å². The molecule has 0 fully saturated rings. The number of aryl methyl sites for hydroxylation is 2. The zero-order valence-electron chi connectivity index (χ0n) is 15.4. The molecule has 2 aromatic rings. The summed E-state index contributed by atoms with van der Waals surface area (Å²) in [6, 6.07) is 14.0. The van der Waals surface area contributed by atoms with Crippen molar-refractivity contribution in [1.29, 1.82) is 0 Å². The van der Waals surface area contributed by atoms with Crippen molar-refractivity contribution in [1.82, 2.24) is 0 Å². The van der Waals surface area contributed by atoms with Crippen LogP contribution in [0.5, 0.6) is 11.5 Å². The van der Waals surface area contributed by atoms with Crippen LogP contribution in [0.25, 0.3) is 0 Å². The lowest BCUT2D eigenvalue weighted by Crippen LogP contribution is -2.04. The molecular formula is C22H29O2. The molecule has 0 unspecified atom stereocenters. The van der Waals surface area contributed by atoms with Crippen molar-refractivity contribution in [2.45, 2.75) is 52.4 Å². The van der Waals surface area contributed by atoms with Crippen molar-refractivity contribution < 1.29 is 9.47 Å². The summed E-state index contributed by atoms with van der Waals surface area (Å²) in [5, 5.41) is 0. The van der Waals surface area contributed by atoms with E-state index in [0.717, 1.165) is 48.3 Å². The quantitative estimate of drug-likeness (QED) is 0.615. The molecule has 0 amide bonds.